The summed E-state index contributed by atoms with van der Waals surface area (Å²) >= 11 is 0. The molecule has 2 atom stereocenters. The van der Waals surface area contributed by atoms with Crippen LogP contribution >= 0.6 is 0 Å². The van der Waals surface area contributed by atoms with Gasteiger partial charge in [0, 0.05) is 6.54 Å². The van der Waals surface area contributed by atoms with E-state index in [1.54, 1.807) is 37.8 Å². The third-order valence-electron chi connectivity index (χ3n) is 4.40. The van der Waals surface area contributed by atoms with Crippen LogP contribution in [0.15, 0.2) is 30.3 Å². The summed E-state index contributed by atoms with van der Waals surface area (Å²) in [4.78, 5) is 37.2. The minimum atomic E-state index is -1.26. The van der Waals surface area contributed by atoms with Crippen molar-refractivity contribution in [1.82, 2.24) is 10.2 Å². The summed E-state index contributed by atoms with van der Waals surface area (Å²) in [6.07, 6.45) is 0.306. The molecule has 0 bridgehead atoms. The number of rotatable bonds is 8. The van der Waals surface area contributed by atoms with Crippen molar-refractivity contribution in [2.24, 2.45) is 0 Å². The molecule has 1 unspecified atom stereocenters. The number of ether oxygens (including phenoxy) is 3. The fourth-order valence-corrected chi connectivity index (χ4v) is 2.97. The van der Waals surface area contributed by atoms with Gasteiger partial charge in [-0.3, -0.25) is 0 Å². The van der Waals surface area contributed by atoms with Crippen molar-refractivity contribution in [1.29, 1.82) is 0 Å². The molecule has 0 spiro atoms. The Kier molecular flexibility index (Phi) is 8.46. The Hall–Kier alpha value is -2.81. The van der Waals surface area contributed by atoms with Gasteiger partial charge in [0.05, 0.1) is 19.3 Å². The van der Waals surface area contributed by atoms with Crippen LogP contribution in [0.3, 0.4) is 0 Å². The van der Waals surface area contributed by atoms with Gasteiger partial charge in [0.25, 0.3) is 0 Å². The van der Waals surface area contributed by atoms with Crippen molar-refractivity contribution in [3.63, 3.8) is 0 Å². The van der Waals surface area contributed by atoms with E-state index in [1.165, 1.54) is 0 Å². The molecule has 0 saturated carbocycles. The zero-order valence-corrected chi connectivity index (χ0v) is 17.6. The lowest BCUT2D eigenvalue weighted by Gasteiger charge is -2.28. The van der Waals surface area contributed by atoms with Crippen molar-refractivity contribution in [2.45, 2.75) is 57.9 Å². The number of likely N-dealkylation sites (tertiary alicyclic amines) is 1. The number of hydrogen-bond acceptors (Lipinski definition) is 6. The van der Waals surface area contributed by atoms with E-state index in [9.17, 15) is 19.5 Å². The van der Waals surface area contributed by atoms with Crippen LogP contribution in [0.25, 0.3) is 0 Å². The Morgan fingerprint density at radius 2 is 1.93 bits per heavy atom. The summed E-state index contributed by atoms with van der Waals surface area (Å²) < 4.78 is 16.0. The molecule has 0 aliphatic carbocycles. The third-order valence-corrected chi connectivity index (χ3v) is 4.40. The number of alkyl carbamates (subject to hydrolysis) is 1. The Morgan fingerprint density at radius 1 is 1.23 bits per heavy atom. The Balaban J connectivity index is 1.78. The van der Waals surface area contributed by atoms with Gasteiger partial charge in [-0.2, -0.15) is 0 Å². The van der Waals surface area contributed by atoms with Gasteiger partial charge < -0.3 is 29.5 Å². The molecule has 0 aromatic heterocycles. The van der Waals surface area contributed by atoms with Crippen LogP contribution in [0.4, 0.5) is 9.59 Å². The average Bonchev–Trinajstić information content (AvgIpc) is 3.13. The van der Waals surface area contributed by atoms with Crippen LogP contribution in [-0.4, -0.2) is 65.6 Å². The normalized spacial score (nSPS) is 17.3. The Bertz CT molecular complexity index is 718. The molecule has 0 radical (unpaired) electrons. The number of benzene rings is 1. The molecule has 1 aliphatic rings. The molecule has 1 aromatic carbocycles. The molecule has 1 aliphatic heterocycles. The molecule has 166 valence electrons. The van der Waals surface area contributed by atoms with Crippen LogP contribution < -0.4 is 5.32 Å². The van der Waals surface area contributed by atoms with E-state index < -0.39 is 29.8 Å². The Labute approximate surface area is 176 Å². The van der Waals surface area contributed by atoms with Gasteiger partial charge in [0.2, 0.25) is 0 Å². The smallest absolute Gasteiger partial charge is 0.410 e. The number of hydrogen-bond donors (Lipinski definition) is 2. The molecule has 2 amide bonds. The molecule has 2 rings (SSSR count). The standard InChI is InChI=1S/C21H30N2O7/c1-21(2,3)30-20(27)23-11-7-10-16(23)13-28-14-17(18(24)25)22-19(26)29-12-15-8-5-4-6-9-15/h4-6,8-9,16-17H,7,10-14H2,1-3H3,(H,22,26)(H,24,25)/t16-,17?/m1/s1. The summed E-state index contributed by atoms with van der Waals surface area (Å²) in [6, 6.07) is 7.60. The van der Waals surface area contributed by atoms with Crippen molar-refractivity contribution in [3.8, 4) is 0 Å². The lowest BCUT2D eigenvalue weighted by Crippen LogP contribution is -2.46. The highest BCUT2D eigenvalue weighted by Gasteiger charge is 2.32. The zero-order valence-electron chi connectivity index (χ0n) is 17.6. The number of carbonyl (C=O) groups excluding carboxylic acids is 2. The lowest BCUT2D eigenvalue weighted by atomic mass is 10.2. The number of nitrogens with zero attached hydrogens (tertiary/aromatic N) is 1. The van der Waals surface area contributed by atoms with Gasteiger partial charge in [-0.05, 0) is 39.2 Å². The van der Waals surface area contributed by atoms with Gasteiger partial charge >= 0.3 is 18.2 Å². The van der Waals surface area contributed by atoms with Crippen molar-refractivity contribution in [2.75, 3.05) is 19.8 Å². The van der Waals surface area contributed by atoms with E-state index in [1.807, 2.05) is 18.2 Å². The van der Waals surface area contributed by atoms with Gasteiger partial charge in [-0.1, -0.05) is 30.3 Å². The summed E-state index contributed by atoms with van der Waals surface area (Å²) in [5.41, 5.74) is 0.197. The lowest BCUT2D eigenvalue weighted by molar-refractivity contribution is -0.141. The monoisotopic (exact) mass is 422 g/mol. The van der Waals surface area contributed by atoms with Gasteiger partial charge in [-0.15, -0.1) is 0 Å². The molecule has 9 nitrogen and oxygen atoms in total. The van der Waals surface area contributed by atoms with E-state index in [-0.39, 0.29) is 25.9 Å². The highest BCUT2D eigenvalue weighted by molar-refractivity contribution is 5.80. The first kappa shape index (κ1) is 23.5. The zero-order chi connectivity index (χ0) is 22.1. The van der Waals surface area contributed by atoms with Crippen molar-refractivity contribution < 1.29 is 33.7 Å². The van der Waals surface area contributed by atoms with Crippen LogP contribution in [0.1, 0.15) is 39.2 Å². The number of carbonyl (C=O) groups is 3. The minimum absolute atomic E-state index is 0.0345. The van der Waals surface area contributed by atoms with Gasteiger partial charge in [0.15, 0.2) is 6.04 Å². The predicted octanol–water partition coefficient (Wildman–Crippen LogP) is 2.78. The number of aliphatic carboxylic acids is 1. The molecule has 2 N–H and O–H groups in total. The molecular formula is C21H30N2O7. The number of nitrogens with one attached hydrogen (secondary N) is 1. The average molecular weight is 422 g/mol. The molecule has 1 aromatic rings. The van der Waals surface area contributed by atoms with Crippen molar-refractivity contribution in [3.05, 3.63) is 35.9 Å². The van der Waals surface area contributed by atoms with E-state index in [4.69, 9.17) is 14.2 Å². The summed E-state index contributed by atoms with van der Waals surface area (Å²) in [5.74, 6) is -1.23. The van der Waals surface area contributed by atoms with E-state index in [0.717, 1.165) is 18.4 Å². The fourth-order valence-electron chi connectivity index (χ4n) is 2.97. The maximum absolute atomic E-state index is 12.3. The molecule has 1 fully saturated rings. The number of amides is 2. The highest BCUT2D eigenvalue weighted by atomic mass is 16.6. The summed E-state index contributed by atoms with van der Waals surface area (Å²) in [6.45, 7) is 5.91. The second-order valence-corrected chi connectivity index (χ2v) is 8.10. The minimum Gasteiger partial charge on any atom is -0.480 e. The molecule has 30 heavy (non-hydrogen) atoms. The largest absolute Gasteiger partial charge is 0.480 e. The summed E-state index contributed by atoms with van der Waals surface area (Å²) in [5, 5.41) is 11.6. The number of carboxylic acids is 1. The van der Waals surface area contributed by atoms with Crippen molar-refractivity contribution >= 4 is 18.2 Å². The van der Waals surface area contributed by atoms with Gasteiger partial charge in [0.1, 0.15) is 12.2 Å². The van der Waals surface area contributed by atoms with Crippen LogP contribution in [0.2, 0.25) is 0 Å². The molecular weight excluding hydrogens is 392 g/mol. The van der Waals surface area contributed by atoms with Crippen LogP contribution in [0, 0.1) is 0 Å². The van der Waals surface area contributed by atoms with Gasteiger partial charge in [-0.25, -0.2) is 14.4 Å². The second-order valence-electron chi connectivity index (χ2n) is 8.10. The SMILES string of the molecule is CC(C)(C)OC(=O)N1CCC[C@@H]1COCC(NC(=O)OCc1ccccc1)C(=O)O. The first-order valence-corrected chi connectivity index (χ1v) is 9.93. The molecule has 1 heterocycles. The maximum atomic E-state index is 12.3. The molecule has 9 heteroatoms. The van der Waals surface area contributed by atoms with E-state index in [2.05, 4.69) is 5.32 Å². The molecule has 1 saturated heterocycles. The topological polar surface area (TPSA) is 114 Å². The number of carboxylic acid groups (broad SMARTS) is 1. The first-order chi connectivity index (χ1) is 14.2. The van der Waals surface area contributed by atoms with E-state index >= 15 is 0 Å². The second kappa shape index (κ2) is 10.8. The predicted molar refractivity (Wildman–Crippen MR) is 108 cm³/mol. The highest BCUT2D eigenvalue weighted by Crippen LogP contribution is 2.21. The summed E-state index contributed by atoms with van der Waals surface area (Å²) in [7, 11) is 0. The first-order valence-electron chi connectivity index (χ1n) is 9.93. The Morgan fingerprint density at radius 3 is 2.57 bits per heavy atom. The van der Waals surface area contributed by atoms with Crippen LogP contribution in [0.5, 0.6) is 0 Å². The fraction of sp³-hybridized carbons (Fsp3) is 0.571. The quantitative estimate of drug-likeness (QED) is 0.662. The van der Waals surface area contributed by atoms with Crippen LogP contribution in [-0.2, 0) is 25.6 Å². The maximum Gasteiger partial charge on any atom is 0.410 e. The van der Waals surface area contributed by atoms with E-state index in [0.29, 0.717) is 6.54 Å². The third kappa shape index (κ3) is 7.90.